The summed E-state index contributed by atoms with van der Waals surface area (Å²) in [6.07, 6.45) is 3.50. The third-order valence-electron chi connectivity index (χ3n) is 4.74. The predicted octanol–water partition coefficient (Wildman–Crippen LogP) is 3.31. The second-order valence-electron chi connectivity index (χ2n) is 7.27. The van der Waals surface area contributed by atoms with Crippen molar-refractivity contribution in [1.82, 2.24) is 9.97 Å². The van der Waals surface area contributed by atoms with E-state index in [-0.39, 0.29) is 18.5 Å². The zero-order chi connectivity index (χ0) is 23.0. The summed E-state index contributed by atoms with van der Waals surface area (Å²) in [5, 5.41) is 0. The standard InChI is InChI=1S/C23H28N4O4S/c1-3-22(17-4-8-20(9-5-17)30-15-13-24)18-6-10-21(11-7-18)31-16-19-12-14-25-23(26-19)27-32(2,28)29/h4-12,14,22H,3,13,15-16,24H2,1-2H3,(H,25,26,27). The van der Waals surface area contributed by atoms with Crippen molar-refractivity contribution in [2.45, 2.75) is 25.9 Å². The largest absolute Gasteiger partial charge is 0.492 e. The molecule has 0 fully saturated rings. The van der Waals surface area contributed by atoms with Gasteiger partial charge in [-0.25, -0.2) is 18.4 Å². The molecular formula is C23H28N4O4S. The van der Waals surface area contributed by atoms with E-state index in [0.717, 1.165) is 18.4 Å². The van der Waals surface area contributed by atoms with E-state index in [9.17, 15) is 8.42 Å². The Morgan fingerprint density at radius 1 is 0.969 bits per heavy atom. The Bertz CT molecular complexity index is 1100. The molecule has 0 aliphatic rings. The predicted molar refractivity (Wildman–Crippen MR) is 124 cm³/mol. The monoisotopic (exact) mass is 456 g/mol. The lowest BCUT2D eigenvalue weighted by molar-refractivity contribution is 0.301. The van der Waals surface area contributed by atoms with Crippen LogP contribution in [-0.2, 0) is 16.6 Å². The van der Waals surface area contributed by atoms with Crippen LogP contribution >= 0.6 is 0 Å². The van der Waals surface area contributed by atoms with Crippen molar-refractivity contribution in [3.63, 3.8) is 0 Å². The first kappa shape index (κ1) is 23.5. The zero-order valence-corrected chi connectivity index (χ0v) is 19.0. The molecule has 1 aromatic heterocycles. The maximum atomic E-state index is 11.3. The van der Waals surface area contributed by atoms with Gasteiger partial charge in [-0.1, -0.05) is 31.2 Å². The van der Waals surface area contributed by atoms with Gasteiger partial charge in [-0.05, 0) is 47.9 Å². The molecule has 32 heavy (non-hydrogen) atoms. The fourth-order valence-corrected chi connectivity index (χ4v) is 3.71. The number of nitrogens with one attached hydrogen (secondary N) is 1. The highest BCUT2D eigenvalue weighted by Gasteiger charge is 2.13. The topological polar surface area (TPSA) is 116 Å². The summed E-state index contributed by atoms with van der Waals surface area (Å²) in [5.41, 5.74) is 8.46. The van der Waals surface area contributed by atoms with Gasteiger partial charge in [0.15, 0.2) is 0 Å². The zero-order valence-electron chi connectivity index (χ0n) is 18.2. The molecule has 0 aliphatic heterocycles. The minimum atomic E-state index is -3.43. The van der Waals surface area contributed by atoms with E-state index in [1.807, 2.05) is 24.3 Å². The minimum Gasteiger partial charge on any atom is -0.492 e. The van der Waals surface area contributed by atoms with Crippen molar-refractivity contribution in [3.8, 4) is 11.5 Å². The van der Waals surface area contributed by atoms with Gasteiger partial charge in [-0.15, -0.1) is 0 Å². The van der Waals surface area contributed by atoms with Crippen molar-refractivity contribution in [3.05, 3.63) is 77.6 Å². The molecule has 1 atom stereocenters. The second kappa shape index (κ2) is 10.9. The lowest BCUT2D eigenvalue weighted by Gasteiger charge is -2.17. The molecule has 2 aromatic carbocycles. The normalized spacial score (nSPS) is 12.2. The van der Waals surface area contributed by atoms with E-state index in [1.54, 1.807) is 6.07 Å². The number of aromatic nitrogens is 2. The van der Waals surface area contributed by atoms with Crippen molar-refractivity contribution in [2.24, 2.45) is 5.73 Å². The van der Waals surface area contributed by atoms with Crippen LogP contribution in [0.2, 0.25) is 0 Å². The number of sulfonamides is 1. The van der Waals surface area contributed by atoms with Gasteiger partial charge in [0.1, 0.15) is 24.7 Å². The van der Waals surface area contributed by atoms with Crippen molar-refractivity contribution in [1.29, 1.82) is 0 Å². The number of hydrogen-bond acceptors (Lipinski definition) is 7. The summed E-state index contributed by atoms with van der Waals surface area (Å²) in [6.45, 7) is 3.35. The van der Waals surface area contributed by atoms with Crippen LogP contribution in [0.1, 0.15) is 36.1 Å². The number of ether oxygens (including phenoxy) is 2. The summed E-state index contributed by atoms with van der Waals surface area (Å²) in [4.78, 5) is 8.05. The molecular weight excluding hydrogens is 428 g/mol. The van der Waals surface area contributed by atoms with Gasteiger partial charge in [0, 0.05) is 18.7 Å². The maximum Gasteiger partial charge on any atom is 0.236 e. The summed E-state index contributed by atoms with van der Waals surface area (Å²) in [5.74, 6) is 1.80. The Hall–Kier alpha value is -3.17. The molecule has 1 unspecified atom stereocenters. The molecule has 8 nitrogen and oxygen atoms in total. The smallest absolute Gasteiger partial charge is 0.236 e. The first-order valence-corrected chi connectivity index (χ1v) is 12.2. The number of hydrogen-bond donors (Lipinski definition) is 2. The van der Waals surface area contributed by atoms with Gasteiger partial charge in [0.25, 0.3) is 0 Å². The van der Waals surface area contributed by atoms with E-state index in [2.05, 4.69) is 45.9 Å². The molecule has 0 saturated carbocycles. The molecule has 1 heterocycles. The highest BCUT2D eigenvalue weighted by atomic mass is 32.2. The SMILES string of the molecule is CCC(c1ccc(OCCN)cc1)c1ccc(OCc2ccnc(NS(C)(=O)=O)n2)cc1. The lowest BCUT2D eigenvalue weighted by atomic mass is 9.89. The van der Waals surface area contributed by atoms with Crippen molar-refractivity contribution < 1.29 is 17.9 Å². The number of benzene rings is 2. The molecule has 0 spiro atoms. The van der Waals surface area contributed by atoms with Crippen molar-refractivity contribution >= 4 is 16.0 Å². The maximum absolute atomic E-state index is 11.3. The molecule has 0 aliphatic carbocycles. The van der Waals surface area contributed by atoms with E-state index >= 15 is 0 Å². The highest BCUT2D eigenvalue weighted by Crippen LogP contribution is 2.30. The molecule has 3 N–H and O–H groups in total. The number of nitrogens with two attached hydrogens (primary N) is 1. The highest BCUT2D eigenvalue weighted by molar-refractivity contribution is 7.91. The third-order valence-corrected chi connectivity index (χ3v) is 5.29. The number of nitrogens with zero attached hydrogens (tertiary/aromatic N) is 2. The summed E-state index contributed by atoms with van der Waals surface area (Å²) in [6, 6.07) is 17.7. The Kier molecular flexibility index (Phi) is 8.02. The summed E-state index contributed by atoms with van der Waals surface area (Å²) in [7, 11) is -3.43. The molecule has 0 amide bonds. The minimum absolute atomic E-state index is 0.0224. The van der Waals surface area contributed by atoms with E-state index < -0.39 is 10.0 Å². The van der Waals surface area contributed by atoms with Crippen LogP contribution in [0.4, 0.5) is 5.95 Å². The first-order chi connectivity index (χ1) is 15.4. The quantitative estimate of drug-likeness (QED) is 0.455. The molecule has 9 heteroatoms. The molecule has 0 saturated heterocycles. The van der Waals surface area contributed by atoms with Crippen LogP contribution in [0.15, 0.2) is 60.8 Å². The van der Waals surface area contributed by atoms with E-state index in [0.29, 0.717) is 24.6 Å². The van der Waals surface area contributed by atoms with Crippen LogP contribution in [-0.4, -0.2) is 37.8 Å². The van der Waals surface area contributed by atoms with E-state index in [1.165, 1.54) is 17.3 Å². The van der Waals surface area contributed by atoms with Crippen LogP contribution in [0, 0.1) is 0 Å². The molecule has 0 bridgehead atoms. The second-order valence-corrected chi connectivity index (χ2v) is 9.02. The van der Waals surface area contributed by atoms with Gasteiger partial charge in [-0.2, -0.15) is 0 Å². The van der Waals surface area contributed by atoms with Gasteiger partial charge >= 0.3 is 0 Å². The molecule has 170 valence electrons. The van der Waals surface area contributed by atoms with Gasteiger partial charge in [0.2, 0.25) is 16.0 Å². The number of anilines is 1. The fraction of sp³-hybridized carbons (Fsp3) is 0.304. The summed E-state index contributed by atoms with van der Waals surface area (Å²) < 4.78 is 36.3. The molecule has 3 aromatic rings. The first-order valence-electron chi connectivity index (χ1n) is 10.3. The average molecular weight is 457 g/mol. The Labute approximate surface area is 188 Å². The molecule has 0 radical (unpaired) electrons. The van der Waals surface area contributed by atoms with Gasteiger partial charge in [-0.3, -0.25) is 4.72 Å². The van der Waals surface area contributed by atoms with Crippen LogP contribution in [0.25, 0.3) is 0 Å². The summed E-state index contributed by atoms with van der Waals surface area (Å²) >= 11 is 0. The van der Waals surface area contributed by atoms with Gasteiger partial charge in [0.05, 0.1) is 11.9 Å². The third kappa shape index (κ3) is 6.93. The van der Waals surface area contributed by atoms with E-state index in [4.69, 9.17) is 15.2 Å². The Morgan fingerprint density at radius 3 is 2.09 bits per heavy atom. The van der Waals surface area contributed by atoms with Crippen molar-refractivity contribution in [2.75, 3.05) is 24.1 Å². The number of rotatable bonds is 11. The molecule has 3 rings (SSSR count). The fourth-order valence-electron chi connectivity index (χ4n) is 3.28. The Balaban J connectivity index is 1.63. The average Bonchev–Trinajstić information content (AvgIpc) is 2.77. The van der Waals surface area contributed by atoms with Gasteiger partial charge < -0.3 is 15.2 Å². The lowest BCUT2D eigenvalue weighted by Crippen LogP contribution is -2.13. The van der Waals surface area contributed by atoms with Crippen LogP contribution in [0.3, 0.4) is 0 Å². The van der Waals surface area contributed by atoms with Crippen LogP contribution < -0.4 is 19.9 Å². The van der Waals surface area contributed by atoms with Crippen LogP contribution in [0.5, 0.6) is 11.5 Å². The Morgan fingerprint density at radius 2 is 1.56 bits per heavy atom.